The zero-order valence-corrected chi connectivity index (χ0v) is 18.4. The lowest BCUT2D eigenvalue weighted by Crippen LogP contribution is -2.48. The molecule has 0 bridgehead atoms. The number of para-hydroxylation sites is 2. The van der Waals surface area contributed by atoms with Crippen molar-refractivity contribution < 1.29 is 9.47 Å². The largest absolute Gasteiger partial charge is 0.495 e. The van der Waals surface area contributed by atoms with Gasteiger partial charge in [-0.1, -0.05) is 42.0 Å². The third kappa shape index (κ3) is 4.70. The lowest BCUT2D eigenvalue weighted by molar-refractivity contribution is 0.171. The van der Waals surface area contributed by atoms with Crippen molar-refractivity contribution in [2.45, 2.75) is 19.5 Å². The summed E-state index contributed by atoms with van der Waals surface area (Å²) in [6.45, 7) is 6.91. The summed E-state index contributed by atoms with van der Waals surface area (Å²) in [5, 5.41) is 12.6. The van der Waals surface area contributed by atoms with Crippen LogP contribution >= 0.6 is 0 Å². The van der Waals surface area contributed by atoms with Gasteiger partial charge in [0.15, 0.2) is 5.82 Å². The number of piperazine rings is 1. The minimum absolute atomic E-state index is 0.00715. The van der Waals surface area contributed by atoms with E-state index in [1.54, 1.807) is 14.2 Å². The summed E-state index contributed by atoms with van der Waals surface area (Å²) < 4.78 is 12.7. The first-order chi connectivity index (χ1) is 15.2. The molecule has 164 valence electrons. The predicted octanol–water partition coefficient (Wildman–Crippen LogP) is 2.55. The van der Waals surface area contributed by atoms with Crippen molar-refractivity contribution >= 4 is 5.69 Å². The number of anilines is 1. The van der Waals surface area contributed by atoms with E-state index in [0.717, 1.165) is 43.4 Å². The van der Waals surface area contributed by atoms with Crippen LogP contribution in [-0.4, -0.2) is 72.1 Å². The Kier molecular flexibility index (Phi) is 6.79. The Bertz CT molecular complexity index is 966. The van der Waals surface area contributed by atoms with Crippen LogP contribution in [0.5, 0.6) is 5.75 Å². The standard InChI is InChI=1S/C23H30N6O2/c1-18-8-10-19(11-9-18)22(23-24-25-26-29(23)16-17-30-2)28-14-12-27(13-15-28)20-6-4-5-7-21(20)31-3/h4-11,22H,12-17H2,1-3H3. The first-order valence-electron chi connectivity index (χ1n) is 10.6. The van der Waals surface area contributed by atoms with E-state index in [1.807, 2.05) is 16.8 Å². The van der Waals surface area contributed by atoms with Gasteiger partial charge in [-0.15, -0.1) is 5.10 Å². The topological polar surface area (TPSA) is 68.5 Å². The number of rotatable bonds is 8. The Morgan fingerprint density at radius 1 is 0.968 bits per heavy atom. The maximum Gasteiger partial charge on any atom is 0.173 e. The summed E-state index contributed by atoms with van der Waals surface area (Å²) >= 11 is 0. The van der Waals surface area contributed by atoms with Gasteiger partial charge in [0.05, 0.1) is 32.0 Å². The molecule has 0 aliphatic carbocycles. The zero-order valence-electron chi connectivity index (χ0n) is 18.4. The monoisotopic (exact) mass is 422 g/mol. The van der Waals surface area contributed by atoms with Gasteiger partial charge in [0.1, 0.15) is 5.75 Å². The number of ether oxygens (including phenoxy) is 2. The number of tetrazole rings is 1. The molecule has 0 N–H and O–H groups in total. The van der Waals surface area contributed by atoms with E-state index < -0.39 is 0 Å². The van der Waals surface area contributed by atoms with E-state index in [9.17, 15) is 0 Å². The fraction of sp³-hybridized carbons (Fsp3) is 0.435. The van der Waals surface area contributed by atoms with Crippen LogP contribution in [0, 0.1) is 6.92 Å². The first kappa shape index (κ1) is 21.3. The first-order valence-corrected chi connectivity index (χ1v) is 10.6. The molecule has 0 radical (unpaired) electrons. The van der Waals surface area contributed by atoms with Crippen LogP contribution in [0.3, 0.4) is 0 Å². The molecular formula is C23H30N6O2. The summed E-state index contributed by atoms with van der Waals surface area (Å²) in [6, 6.07) is 16.9. The number of aryl methyl sites for hydroxylation is 1. The smallest absolute Gasteiger partial charge is 0.173 e. The van der Waals surface area contributed by atoms with Crippen LogP contribution in [0.1, 0.15) is 23.0 Å². The van der Waals surface area contributed by atoms with Gasteiger partial charge in [-0.05, 0) is 35.0 Å². The molecule has 1 aliphatic rings. The minimum Gasteiger partial charge on any atom is -0.495 e. The highest BCUT2D eigenvalue weighted by Gasteiger charge is 2.31. The molecule has 31 heavy (non-hydrogen) atoms. The quantitative estimate of drug-likeness (QED) is 0.553. The van der Waals surface area contributed by atoms with Gasteiger partial charge in [-0.25, -0.2) is 4.68 Å². The Morgan fingerprint density at radius 2 is 1.71 bits per heavy atom. The van der Waals surface area contributed by atoms with E-state index in [0.29, 0.717) is 13.2 Å². The molecule has 0 spiro atoms. The number of nitrogens with zero attached hydrogens (tertiary/aromatic N) is 6. The molecule has 0 amide bonds. The van der Waals surface area contributed by atoms with Crippen LogP contribution in [-0.2, 0) is 11.3 Å². The van der Waals surface area contributed by atoms with Crippen LogP contribution in [0.25, 0.3) is 0 Å². The number of hydrogen-bond donors (Lipinski definition) is 0. The van der Waals surface area contributed by atoms with Gasteiger partial charge in [-0.2, -0.15) is 0 Å². The highest BCUT2D eigenvalue weighted by Crippen LogP contribution is 2.32. The molecule has 8 nitrogen and oxygen atoms in total. The molecule has 1 atom stereocenters. The maximum absolute atomic E-state index is 5.57. The Morgan fingerprint density at radius 3 is 2.42 bits per heavy atom. The van der Waals surface area contributed by atoms with Crippen LogP contribution in [0.4, 0.5) is 5.69 Å². The van der Waals surface area contributed by atoms with E-state index in [-0.39, 0.29) is 6.04 Å². The number of benzene rings is 2. The normalized spacial score (nSPS) is 15.8. The van der Waals surface area contributed by atoms with Crippen molar-refractivity contribution in [2.75, 3.05) is 51.9 Å². The second-order valence-electron chi connectivity index (χ2n) is 7.76. The molecule has 2 heterocycles. The van der Waals surface area contributed by atoms with Crippen LogP contribution in [0.15, 0.2) is 48.5 Å². The van der Waals surface area contributed by atoms with E-state index in [1.165, 1.54) is 11.1 Å². The van der Waals surface area contributed by atoms with Crippen LogP contribution in [0.2, 0.25) is 0 Å². The average Bonchev–Trinajstić information content (AvgIpc) is 3.27. The van der Waals surface area contributed by atoms with Gasteiger partial charge >= 0.3 is 0 Å². The summed E-state index contributed by atoms with van der Waals surface area (Å²) in [4.78, 5) is 4.85. The Labute approximate surface area is 183 Å². The molecule has 4 rings (SSSR count). The summed E-state index contributed by atoms with van der Waals surface area (Å²) in [7, 11) is 3.42. The van der Waals surface area contributed by atoms with Gasteiger partial charge in [0.25, 0.3) is 0 Å². The van der Waals surface area contributed by atoms with Crippen molar-refractivity contribution in [1.29, 1.82) is 0 Å². The Balaban J connectivity index is 1.58. The lowest BCUT2D eigenvalue weighted by atomic mass is 10.0. The van der Waals surface area contributed by atoms with E-state index >= 15 is 0 Å². The molecule has 1 saturated heterocycles. The van der Waals surface area contributed by atoms with Crippen molar-refractivity contribution in [3.63, 3.8) is 0 Å². The minimum atomic E-state index is -0.00715. The third-order valence-corrected chi connectivity index (χ3v) is 5.81. The second-order valence-corrected chi connectivity index (χ2v) is 7.76. The average molecular weight is 423 g/mol. The molecule has 1 aliphatic heterocycles. The van der Waals surface area contributed by atoms with E-state index in [2.05, 4.69) is 68.6 Å². The SMILES string of the molecule is COCCn1nnnc1C(c1ccc(C)cc1)N1CCN(c2ccccc2OC)CC1. The van der Waals surface area contributed by atoms with Crippen molar-refractivity contribution in [3.05, 3.63) is 65.5 Å². The lowest BCUT2D eigenvalue weighted by Gasteiger charge is -2.40. The number of methoxy groups -OCH3 is 2. The fourth-order valence-electron chi connectivity index (χ4n) is 4.13. The molecule has 2 aromatic carbocycles. The van der Waals surface area contributed by atoms with Gasteiger partial charge in [0.2, 0.25) is 0 Å². The van der Waals surface area contributed by atoms with Crippen LogP contribution < -0.4 is 9.64 Å². The predicted molar refractivity (Wildman–Crippen MR) is 119 cm³/mol. The van der Waals surface area contributed by atoms with E-state index in [4.69, 9.17) is 9.47 Å². The van der Waals surface area contributed by atoms with Gasteiger partial charge < -0.3 is 14.4 Å². The Hall–Kier alpha value is -2.97. The van der Waals surface area contributed by atoms with Crippen molar-refractivity contribution in [1.82, 2.24) is 25.1 Å². The second kappa shape index (κ2) is 9.89. The zero-order chi connectivity index (χ0) is 21.6. The van der Waals surface area contributed by atoms with Gasteiger partial charge in [0, 0.05) is 33.3 Å². The molecule has 1 aromatic heterocycles. The highest BCUT2D eigenvalue weighted by atomic mass is 16.5. The summed E-state index contributed by atoms with van der Waals surface area (Å²) in [5.41, 5.74) is 3.58. The van der Waals surface area contributed by atoms with Gasteiger partial charge in [-0.3, -0.25) is 4.90 Å². The number of hydrogen-bond acceptors (Lipinski definition) is 7. The molecule has 1 fully saturated rings. The maximum atomic E-state index is 5.57. The fourth-order valence-corrected chi connectivity index (χ4v) is 4.13. The molecule has 0 saturated carbocycles. The molecule has 3 aromatic rings. The summed E-state index contributed by atoms with van der Waals surface area (Å²) in [5.74, 6) is 1.76. The summed E-state index contributed by atoms with van der Waals surface area (Å²) in [6.07, 6.45) is 0. The molecule has 1 unspecified atom stereocenters. The highest BCUT2D eigenvalue weighted by molar-refractivity contribution is 5.58. The van der Waals surface area contributed by atoms with Crippen molar-refractivity contribution in [3.8, 4) is 5.75 Å². The molecule has 8 heteroatoms. The number of aromatic nitrogens is 4. The third-order valence-electron chi connectivity index (χ3n) is 5.81. The van der Waals surface area contributed by atoms with Crippen molar-refractivity contribution in [2.24, 2.45) is 0 Å². The molecular weight excluding hydrogens is 392 g/mol.